The van der Waals surface area contributed by atoms with Gasteiger partial charge in [0.25, 0.3) is 0 Å². The third-order valence-electron chi connectivity index (χ3n) is 1.99. The maximum Gasteiger partial charge on any atom is 0.0103 e. The second kappa shape index (κ2) is 50.0. The molecule has 0 aromatic carbocycles. The van der Waals surface area contributed by atoms with Crippen molar-refractivity contribution in [3.05, 3.63) is 44.6 Å². The minimum atomic E-state index is 0. The predicted octanol–water partition coefficient (Wildman–Crippen LogP) is 2.16. The molecule has 0 aromatic heterocycles. The zero-order valence-electron chi connectivity index (χ0n) is 21.0. The fraction of sp³-hybridized carbons (Fsp3) is 0.667. The summed E-state index contributed by atoms with van der Waals surface area (Å²) in [5, 5.41) is 0. The van der Waals surface area contributed by atoms with Gasteiger partial charge in [-0.05, 0) is 56.4 Å². The van der Waals surface area contributed by atoms with Gasteiger partial charge in [0.05, 0.1) is 0 Å². The zero-order valence-corrected chi connectivity index (χ0v) is 22.2. The van der Waals surface area contributed by atoms with Crippen LogP contribution in [0.15, 0.2) is 0 Å². The smallest absolute Gasteiger partial charge is 0.0103 e. The predicted molar refractivity (Wildman–Crippen MR) is 124 cm³/mol. The minimum absolute atomic E-state index is 0. The van der Waals surface area contributed by atoms with Gasteiger partial charge in [-0.25, -0.2) is 0 Å². The van der Waals surface area contributed by atoms with Crippen LogP contribution in [0, 0.1) is 44.6 Å². The van der Waals surface area contributed by atoms with Crippen LogP contribution in [0.1, 0.15) is 0 Å². The standard InChI is InChI=1S/2C6H16N2.6CH3.2Li.Mn/c2*1-7(2)5-6-8(3)4;;;;;;;;;/h2*5-6H2,1-4H3;6*1H3;;;/q;;6*-1;;;. The summed E-state index contributed by atoms with van der Waals surface area (Å²) < 4.78 is 0. The van der Waals surface area contributed by atoms with E-state index in [0.29, 0.717) is 0 Å². The van der Waals surface area contributed by atoms with E-state index in [2.05, 4.69) is 76.0 Å². The Kier molecular flexibility index (Phi) is 143. The van der Waals surface area contributed by atoms with Crippen molar-refractivity contribution in [2.24, 2.45) is 0 Å². The molecule has 0 aromatic rings. The summed E-state index contributed by atoms with van der Waals surface area (Å²) in [6.07, 6.45) is 0. The average molecular weight is 391 g/mol. The first-order valence-electron chi connectivity index (χ1n) is 5.84. The maximum atomic E-state index is 2.18. The molecule has 0 saturated carbocycles. The maximum absolute atomic E-state index is 2.18. The Morgan fingerprint density at radius 2 is 0.440 bits per heavy atom. The molecule has 157 valence electrons. The van der Waals surface area contributed by atoms with Crippen molar-refractivity contribution in [1.29, 1.82) is 0 Å². The van der Waals surface area contributed by atoms with Crippen LogP contribution in [0.5, 0.6) is 0 Å². The molecule has 4 nitrogen and oxygen atoms in total. The van der Waals surface area contributed by atoms with Crippen molar-refractivity contribution in [3.8, 4) is 0 Å². The molecule has 25 heavy (non-hydrogen) atoms. The SMILES string of the molecule is CN(C)CCN(C)C.CN(C)CCN(C)C.[CH3-].[CH3-].[CH3-].[CH3-].[CH3-].[CH3-].[Li].[Li].[Mn]. The largest absolute Gasteiger partial charge is 0.358 e. The van der Waals surface area contributed by atoms with Gasteiger partial charge in [-0.15, -0.1) is 0 Å². The molecule has 0 heterocycles. The van der Waals surface area contributed by atoms with Crippen molar-refractivity contribution in [3.63, 3.8) is 0 Å². The summed E-state index contributed by atoms with van der Waals surface area (Å²) >= 11 is 0. The van der Waals surface area contributed by atoms with Gasteiger partial charge in [-0.3, -0.25) is 0 Å². The molecule has 0 amide bonds. The molecule has 0 bridgehead atoms. The second-order valence-corrected chi connectivity index (χ2v) is 5.21. The fourth-order valence-electron chi connectivity index (χ4n) is 0.800. The van der Waals surface area contributed by atoms with E-state index in [4.69, 9.17) is 0 Å². The van der Waals surface area contributed by atoms with Gasteiger partial charge in [0.1, 0.15) is 0 Å². The Balaban J connectivity index is -0.0000000128. The molecule has 0 rings (SSSR count). The summed E-state index contributed by atoms with van der Waals surface area (Å²) in [6, 6.07) is 0. The van der Waals surface area contributed by atoms with Gasteiger partial charge in [0, 0.05) is 81.0 Å². The van der Waals surface area contributed by atoms with Crippen LogP contribution in [-0.4, -0.2) is 140 Å². The van der Waals surface area contributed by atoms with Crippen molar-refractivity contribution in [2.75, 3.05) is 82.6 Å². The van der Waals surface area contributed by atoms with Crippen LogP contribution in [-0.2, 0) is 17.1 Å². The summed E-state index contributed by atoms with van der Waals surface area (Å²) in [5.74, 6) is 0. The van der Waals surface area contributed by atoms with Crippen molar-refractivity contribution in [1.82, 2.24) is 19.6 Å². The van der Waals surface area contributed by atoms with E-state index in [0.717, 1.165) is 26.2 Å². The topological polar surface area (TPSA) is 13.0 Å². The van der Waals surface area contributed by atoms with Crippen LogP contribution in [0.2, 0.25) is 0 Å². The molecule has 0 N–H and O–H groups in total. The normalized spacial score (nSPS) is 7.20. The summed E-state index contributed by atoms with van der Waals surface area (Å²) in [5.41, 5.74) is 0. The number of nitrogens with zero attached hydrogens (tertiary/aromatic N) is 4. The van der Waals surface area contributed by atoms with Crippen LogP contribution < -0.4 is 0 Å². The Labute approximate surface area is 200 Å². The van der Waals surface area contributed by atoms with E-state index >= 15 is 0 Å². The molecule has 3 radical (unpaired) electrons. The first-order chi connectivity index (χ1) is 7.25. The second-order valence-electron chi connectivity index (χ2n) is 5.21. The van der Waals surface area contributed by atoms with Crippen LogP contribution in [0.4, 0.5) is 0 Å². The molecular formula is C18H50Li2MnN4-6. The third kappa shape index (κ3) is 106. The Morgan fingerprint density at radius 1 is 0.360 bits per heavy atom. The van der Waals surface area contributed by atoms with Gasteiger partial charge < -0.3 is 64.2 Å². The molecule has 0 spiro atoms. The van der Waals surface area contributed by atoms with Crippen LogP contribution in [0.3, 0.4) is 0 Å². The van der Waals surface area contributed by atoms with E-state index in [-0.39, 0.29) is 99.3 Å². The van der Waals surface area contributed by atoms with Crippen molar-refractivity contribution >= 4 is 37.7 Å². The van der Waals surface area contributed by atoms with E-state index < -0.39 is 0 Å². The quantitative estimate of drug-likeness (QED) is 0.508. The molecule has 0 saturated heterocycles. The molecule has 7 heteroatoms. The Hall–Kier alpha value is 1.55. The number of hydrogen-bond acceptors (Lipinski definition) is 4. The molecular weight excluding hydrogens is 341 g/mol. The first-order valence-corrected chi connectivity index (χ1v) is 5.84. The van der Waals surface area contributed by atoms with Crippen molar-refractivity contribution in [2.45, 2.75) is 0 Å². The van der Waals surface area contributed by atoms with Gasteiger partial charge in [0.2, 0.25) is 0 Å². The molecule has 0 aliphatic carbocycles. The average Bonchev–Trinajstić information content (AvgIpc) is 2.12. The van der Waals surface area contributed by atoms with E-state index in [1.54, 1.807) is 0 Å². The molecule has 0 aliphatic rings. The van der Waals surface area contributed by atoms with Crippen LogP contribution in [0.25, 0.3) is 0 Å². The zero-order chi connectivity index (χ0) is 13.1. The number of hydrogen-bond donors (Lipinski definition) is 0. The Morgan fingerprint density at radius 3 is 0.480 bits per heavy atom. The fourth-order valence-corrected chi connectivity index (χ4v) is 0.800. The van der Waals surface area contributed by atoms with Crippen molar-refractivity contribution < 1.29 is 17.1 Å². The van der Waals surface area contributed by atoms with Gasteiger partial charge in [-0.1, -0.05) is 0 Å². The minimum Gasteiger partial charge on any atom is -0.358 e. The van der Waals surface area contributed by atoms with E-state index in [1.807, 2.05) is 0 Å². The molecule has 0 aliphatic heterocycles. The molecule has 0 atom stereocenters. The monoisotopic (exact) mass is 391 g/mol. The molecule has 0 fully saturated rings. The summed E-state index contributed by atoms with van der Waals surface area (Å²) in [7, 11) is 16.7. The number of rotatable bonds is 6. The van der Waals surface area contributed by atoms with Crippen LogP contribution >= 0.6 is 0 Å². The first kappa shape index (κ1) is 71.7. The molecule has 0 unspecified atom stereocenters. The van der Waals surface area contributed by atoms with Gasteiger partial charge in [-0.2, -0.15) is 0 Å². The number of likely N-dealkylation sites (N-methyl/N-ethyl adjacent to an activating group) is 4. The van der Waals surface area contributed by atoms with Gasteiger partial charge >= 0.3 is 0 Å². The third-order valence-corrected chi connectivity index (χ3v) is 1.99. The van der Waals surface area contributed by atoms with Gasteiger partial charge in [0.15, 0.2) is 0 Å². The Bertz CT molecular complexity index is 119. The summed E-state index contributed by atoms with van der Waals surface area (Å²) in [4.78, 5) is 8.72. The van der Waals surface area contributed by atoms with E-state index in [9.17, 15) is 0 Å². The summed E-state index contributed by atoms with van der Waals surface area (Å²) in [6.45, 7) is 4.58. The van der Waals surface area contributed by atoms with E-state index in [1.165, 1.54) is 0 Å².